The van der Waals surface area contributed by atoms with Gasteiger partial charge in [-0.15, -0.1) is 0 Å². The van der Waals surface area contributed by atoms with Crippen molar-refractivity contribution in [3.63, 3.8) is 0 Å². The maximum atomic E-state index is 11.5. The van der Waals surface area contributed by atoms with Gasteiger partial charge in [-0.3, -0.25) is 4.79 Å². The van der Waals surface area contributed by atoms with Gasteiger partial charge >= 0.3 is 0 Å². The number of benzene rings is 1. The van der Waals surface area contributed by atoms with E-state index in [4.69, 9.17) is 0 Å². The van der Waals surface area contributed by atoms with Crippen LogP contribution in [0.15, 0.2) is 30.3 Å². The molecule has 0 spiro atoms. The number of ketones is 1. The fourth-order valence-electron chi connectivity index (χ4n) is 2.29. The van der Waals surface area contributed by atoms with E-state index in [1.54, 1.807) is 6.92 Å². The highest BCUT2D eigenvalue weighted by Gasteiger charge is 2.51. The van der Waals surface area contributed by atoms with Crippen LogP contribution < -0.4 is 0 Å². The van der Waals surface area contributed by atoms with Gasteiger partial charge in [-0.25, -0.2) is 0 Å². The van der Waals surface area contributed by atoms with E-state index in [0.29, 0.717) is 11.7 Å². The molecule has 0 radical (unpaired) electrons. The standard InChI is InChI=1S/C13H16O/c1-10(12-6-4-3-5-7-12)13(8-9-13)11(2)14/h3-7,10H,8-9H2,1-2H3/t10-/m1/s1. The highest BCUT2D eigenvalue weighted by molar-refractivity contribution is 5.86. The lowest BCUT2D eigenvalue weighted by Crippen LogP contribution is -2.19. The molecule has 1 nitrogen and oxygen atoms in total. The summed E-state index contributed by atoms with van der Waals surface area (Å²) in [5, 5.41) is 0. The molecule has 2 rings (SSSR count). The Bertz CT molecular complexity index is 336. The zero-order valence-corrected chi connectivity index (χ0v) is 8.79. The Hall–Kier alpha value is -1.11. The molecule has 1 aliphatic carbocycles. The van der Waals surface area contributed by atoms with Crippen molar-refractivity contribution in [2.75, 3.05) is 0 Å². The Kier molecular flexibility index (Phi) is 2.18. The molecule has 14 heavy (non-hydrogen) atoms. The predicted octanol–water partition coefficient (Wildman–Crippen LogP) is 3.16. The highest BCUT2D eigenvalue weighted by atomic mass is 16.1. The van der Waals surface area contributed by atoms with Crippen LogP contribution >= 0.6 is 0 Å². The molecule has 0 amide bonds. The Morgan fingerprint density at radius 1 is 1.29 bits per heavy atom. The minimum Gasteiger partial charge on any atom is -0.299 e. The summed E-state index contributed by atoms with van der Waals surface area (Å²) < 4.78 is 0. The summed E-state index contributed by atoms with van der Waals surface area (Å²) in [7, 11) is 0. The summed E-state index contributed by atoms with van der Waals surface area (Å²) in [6.45, 7) is 3.90. The predicted molar refractivity (Wildman–Crippen MR) is 57.2 cm³/mol. The van der Waals surface area contributed by atoms with Gasteiger partial charge in [0.15, 0.2) is 0 Å². The quantitative estimate of drug-likeness (QED) is 0.712. The van der Waals surface area contributed by atoms with E-state index in [1.165, 1.54) is 5.56 Å². The van der Waals surface area contributed by atoms with Gasteiger partial charge < -0.3 is 0 Å². The first-order valence-corrected chi connectivity index (χ1v) is 5.23. The number of carbonyl (C=O) groups excluding carboxylic acids is 1. The van der Waals surface area contributed by atoms with E-state index in [0.717, 1.165) is 12.8 Å². The molecule has 1 saturated carbocycles. The van der Waals surface area contributed by atoms with E-state index >= 15 is 0 Å². The molecule has 1 heteroatoms. The molecule has 0 N–H and O–H groups in total. The van der Waals surface area contributed by atoms with Crippen LogP contribution in [-0.2, 0) is 4.79 Å². The zero-order chi connectivity index (χ0) is 10.2. The van der Waals surface area contributed by atoms with Gasteiger partial charge in [0.2, 0.25) is 0 Å². The van der Waals surface area contributed by atoms with Gasteiger partial charge in [0.05, 0.1) is 0 Å². The Morgan fingerprint density at radius 3 is 2.29 bits per heavy atom. The van der Waals surface area contributed by atoms with E-state index in [1.807, 2.05) is 18.2 Å². The summed E-state index contributed by atoms with van der Waals surface area (Å²) >= 11 is 0. The van der Waals surface area contributed by atoms with E-state index in [-0.39, 0.29) is 5.41 Å². The van der Waals surface area contributed by atoms with Crippen molar-refractivity contribution in [2.24, 2.45) is 5.41 Å². The molecule has 1 aromatic carbocycles. The molecule has 1 aliphatic rings. The van der Waals surface area contributed by atoms with Crippen LogP contribution in [0.2, 0.25) is 0 Å². The van der Waals surface area contributed by atoms with Crippen LogP contribution in [0.1, 0.15) is 38.2 Å². The molecule has 0 saturated heterocycles. The first-order valence-electron chi connectivity index (χ1n) is 5.23. The molecule has 1 atom stereocenters. The fourth-order valence-corrected chi connectivity index (χ4v) is 2.29. The van der Waals surface area contributed by atoms with Crippen LogP contribution in [0, 0.1) is 5.41 Å². The minimum atomic E-state index is -0.0264. The first kappa shape index (κ1) is 9.45. The van der Waals surface area contributed by atoms with E-state index < -0.39 is 0 Å². The van der Waals surface area contributed by atoms with Crippen molar-refractivity contribution in [1.82, 2.24) is 0 Å². The van der Waals surface area contributed by atoms with Crippen LogP contribution in [-0.4, -0.2) is 5.78 Å². The average Bonchev–Trinajstić information content (AvgIpc) is 2.99. The fraction of sp³-hybridized carbons (Fsp3) is 0.462. The lowest BCUT2D eigenvalue weighted by Gasteiger charge is -2.20. The maximum absolute atomic E-state index is 11.5. The van der Waals surface area contributed by atoms with Gasteiger partial charge in [0, 0.05) is 5.41 Å². The zero-order valence-electron chi connectivity index (χ0n) is 8.79. The first-order chi connectivity index (χ1) is 6.67. The van der Waals surface area contributed by atoms with Gasteiger partial charge in [0.1, 0.15) is 5.78 Å². The number of hydrogen-bond donors (Lipinski definition) is 0. The van der Waals surface area contributed by atoms with Gasteiger partial charge in [-0.1, -0.05) is 37.3 Å². The summed E-state index contributed by atoms with van der Waals surface area (Å²) in [5.41, 5.74) is 1.27. The molecule has 0 bridgehead atoms. The Morgan fingerprint density at radius 2 is 1.86 bits per heavy atom. The monoisotopic (exact) mass is 188 g/mol. The van der Waals surface area contributed by atoms with Gasteiger partial charge in [-0.2, -0.15) is 0 Å². The molecule has 0 unspecified atom stereocenters. The Labute approximate surface area is 85.1 Å². The molecule has 0 aliphatic heterocycles. The smallest absolute Gasteiger partial charge is 0.136 e. The van der Waals surface area contributed by atoms with Crippen molar-refractivity contribution in [1.29, 1.82) is 0 Å². The third kappa shape index (κ3) is 1.37. The average molecular weight is 188 g/mol. The normalized spacial score (nSPS) is 20.1. The number of rotatable bonds is 3. The van der Waals surface area contributed by atoms with Crippen molar-refractivity contribution in [2.45, 2.75) is 32.6 Å². The van der Waals surface area contributed by atoms with E-state index in [9.17, 15) is 4.79 Å². The number of hydrogen-bond acceptors (Lipinski definition) is 1. The molecule has 0 heterocycles. The molecule has 0 aromatic heterocycles. The van der Waals surface area contributed by atoms with Crippen LogP contribution in [0.4, 0.5) is 0 Å². The molecular weight excluding hydrogens is 172 g/mol. The van der Waals surface area contributed by atoms with Crippen molar-refractivity contribution in [3.8, 4) is 0 Å². The third-order valence-corrected chi connectivity index (χ3v) is 3.62. The van der Waals surface area contributed by atoms with Crippen molar-refractivity contribution in [3.05, 3.63) is 35.9 Å². The molecular formula is C13H16O. The molecule has 74 valence electrons. The van der Waals surface area contributed by atoms with Crippen LogP contribution in [0.3, 0.4) is 0 Å². The summed E-state index contributed by atoms with van der Waals surface area (Å²) in [4.78, 5) is 11.5. The SMILES string of the molecule is CC(=O)C1([C@H](C)c2ccccc2)CC1. The largest absolute Gasteiger partial charge is 0.299 e. The lowest BCUT2D eigenvalue weighted by molar-refractivity contribution is -0.122. The van der Waals surface area contributed by atoms with Crippen molar-refractivity contribution >= 4 is 5.78 Å². The molecule has 1 aromatic rings. The summed E-state index contributed by atoms with van der Waals surface area (Å²) in [6, 6.07) is 10.3. The molecule has 1 fully saturated rings. The van der Waals surface area contributed by atoms with Crippen LogP contribution in [0.5, 0.6) is 0 Å². The van der Waals surface area contributed by atoms with Crippen LogP contribution in [0.25, 0.3) is 0 Å². The third-order valence-electron chi connectivity index (χ3n) is 3.62. The second kappa shape index (κ2) is 3.23. The summed E-state index contributed by atoms with van der Waals surface area (Å²) in [6.07, 6.45) is 2.14. The summed E-state index contributed by atoms with van der Waals surface area (Å²) in [5.74, 6) is 0.732. The second-order valence-corrected chi connectivity index (χ2v) is 4.34. The topological polar surface area (TPSA) is 17.1 Å². The van der Waals surface area contributed by atoms with E-state index in [2.05, 4.69) is 19.1 Å². The highest BCUT2D eigenvalue weighted by Crippen LogP contribution is 2.56. The number of carbonyl (C=O) groups is 1. The Balaban J connectivity index is 2.25. The number of Topliss-reactive ketones (excluding diaryl/α,β-unsaturated/α-hetero) is 1. The van der Waals surface area contributed by atoms with Gasteiger partial charge in [0.25, 0.3) is 0 Å². The maximum Gasteiger partial charge on any atom is 0.136 e. The lowest BCUT2D eigenvalue weighted by atomic mass is 9.82. The van der Waals surface area contributed by atoms with Gasteiger partial charge in [-0.05, 0) is 31.2 Å². The second-order valence-electron chi connectivity index (χ2n) is 4.34. The minimum absolute atomic E-state index is 0.0264. The van der Waals surface area contributed by atoms with Crippen molar-refractivity contribution < 1.29 is 4.79 Å².